The van der Waals surface area contributed by atoms with Gasteiger partial charge in [0.25, 0.3) is 0 Å². The van der Waals surface area contributed by atoms with Gasteiger partial charge in [0.1, 0.15) is 0 Å². The first-order valence-corrected chi connectivity index (χ1v) is 9.51. The first-order valence-electron chi connectivity index (χ1n) is 8.52. The highest BCUT2D eigenvalue weighted by atomic mass is 32.2. The molecule has 0 radical (unpaired) electrons. The minimum atomic E-state index is -0.262. The van der Waals surface area contributed by atoms with Crippen molar-refractivity contribution in [3.05, 3.63) is 71.8 Å². The number of hydrogen-bond donors (Lipinski definition) is 1. The fraction of sp³-hybridized carbons (Fsp3) is 0.333. The molecule has 2 unspecified atom stereocenters. The van der Waals surface area contributed by atoms with E-state index in [1.165, 1.54) is 11.8 Å². The van der Waals surface area contributed by atoms with Crippen molar-refractivity contribution >= 4 is 22.8 Å². The van der Waals surface area contributed by atoms with E-state index in [-0.39, 0.29) is 28.9 Å². The van der Waals surface area contributed by atoms with Gasteiger partial charge < -0.3 is 5.32 Å². The van der Waals surface area contributed by atoms with E-state index in [9.17, 15) is 9.59 Å². The predicted octanol–water partition coefficient (Wildman–Crippen LogP) is 4.56. The summed E-state index contributed by atoms with van der Waals surface area (Å²) in [6.07, 6.45) is 0. The Kier molecular flexibility index (Phi) is 7.26. The van der Waals surface area contributed by atoms with Crippen molar-refractivity contribution < 1.29 is 9.59 Å². The Morgan fingerprint density at radius 3 is 1.96 bits per heavy atom. The van der Waals surface area contributed by atoms with E-state index in [2.05, 4.69) is 5.32 Å². The van der Waals surface area contributed by atoms with Crippen LogP contribution in [0, 0.1) is 5.92 Å². The molecule has 2 rings (SSSR count). The van der Waals surface area contributed by atoms with Crippen molar-refractivity contribution in [1.82, 2.24) is 5.32 Å². The quantitative estimate of drug-likeness (QED) is 0.792. The Labute approximate surface area is 154 Å². The number of benzene rings is 2. The highest BCUT2D eigenvalue weighted by Crippen LogP contribution is 2.28. The third-order valence-electron chi connectivity index (χ3n) is 4.39. The van der Waals surface area contributed by atoms with E-state index < -0.39 is 0 Å². The van der Waals surface area contributed by atoms with Crippen molar-refractivity contribution in [2.75, 3.05) is 5.75 Å². The summed E-state index contributed by atoms with van der Waals surface area (Å²) in [5, 5.41) is 3.14. The summed E-state index contributed by atoms with van der Waals surface area (Å²) < 4.78 is 0. The second-order valence-electron chi connectivity index (χ2n) is 6.25. The molecule has 1 amide bonds. The van der Waals surface area contributed by atoms with Gasteiger partial charge >= 0.3 is 0 Å². The number of carbonyl (C=O) groups is 2. The summed E-state index contributed by atoms with van der Waals surface area (Å²) in [5.41, 5.74) is 2.18. The Morgan fingerprint density at radius 1 is 0.920 bits per heavy atom. The number of nitrogens with one attached hydrogen (secondary N) is 1. The van der Waals surface area contributed by atoms with Gasteiger partial charge in [0.15, 0.2) is 5.12 Å². The predicted molar refractivity (Wildman–Crippen MR) is 104 cm³/mol. The lowest BCUT2D eigenvalue weighted by molar-refractivity contribution is -0.125. The molecule has 0 aromatic heterocycles. The van der Waals surface area contributed by atoms with E-state index in [4.69, 9.17) is 0 Å². The van der Waals surface area contributed by atoms with Crippen LogP contribution in [0.2, 0.25) is 0 Å². The Morgan fingerprint density at radius 2 is 1.44 bits per heavy atom. The van der Waals surface area contributed by atoms with Gasteiger partial charge in [0.05, 0.1) is 12.0 Å². The monoisotopic (exact) mass is 355 g/mol. The zero-order chi connectivity index (χ0) is 18.2. The molecule has 0 bridgehead atoms. The molecule has 2 aromatic carbocycles. The second kappa shape index (κ2) is 9.42. The average molecular weight is 356 g/mol. The zero-order valence-electron chi connectivity index (χ0n) is 14.9. The van der Waals surface area contributed by atoms with Gasteiger partial charge in [-0.2, -0.15) is 0 Å². The topological polar surface area (TPSA) is 46.2 Å². The summed E-state index contributed by atoms with van der Waals surface area (Å²) in [4.78, 5) is 24.3. The molecule has 0 spiro atoms. The Bertz CT molecular complexity index is 688. The molecule has 0 saturated heterocycles. The molecular formula is C21H25NO2S. The molecule has 0 aliphatic carbocycles. The van der Waals surface area contributed by atoms with Crippen LogP contribution in [0.15, 0.2) is 60.7 Å². The molecular weight excluding hydrogens is 330 g/mol. The van der Waals surface area contributed by atoms with E-state index in [0.717, 1.165) is 11.1 Å². The first kappa shape index (κ1) is 19.3. The molecule has 0 aliphatic rings. The third kappa shape index (κ3) is 5.75. The summed E-state index contributed by atoms with van der Waals surface area (Å²) in [5.74, 6) is 0.249. The van der Waals surface area contributed by atoms with Crippen LogP contribution in [0.5, 0.6) is 0 Å². The highest BCUT2D eigenvalue weighted by Gasteiger charge is 2.28. The molecule has 0 saturated carbocycles. The Hall–Kier alpha value is -2.07. The molecule has 0 aliphatic heterocycles. The fourth-order valence-electron chi connectivity index (χ4n) is 2.79. The molecule has 0 fully saturated rings. The maximum atomic E-state index is 12.9. The van der Waals surface area contributed by atoms with Crippen molar-refractivity contribution in [2.24, 2.45) is 5.92 Å². The molecule has 25 heavy (non-hydrogen) atoms. The number of amides is 1. The minimum Gasteiger partial charge on any atom is -0.349 e. The van der Waals surface area contributed by atoms with Crippen LogP contribution >= 0.6 is 11.8 Å². The fourth-order valence-corrected chi connectivity index (χ4v) is 3.64. The van der Waals surface area contributed by atoms with Crippen LogP contribution in [-0.2, 0) is 9.59 Å². The van der Waals surface area contributed by atoms with Gasteiger partial charge in [0.2, 0.25) is 5.91 Å². The smallest absolute Gasteiger partial charge is 0.225 e. The van der Waals surface area contributed by atoms with Gasteiger partial charge in [-0.15, -0.1) is 0 Å². The number of carbonyl (C=O) groups excluding carboxylic acids is 2. The zero-order valence-corrected chi connectivity index (χ0v) is 15.8. The molecule has 132 valence electrons. The van der Waals surface area contributed by atoms with Gasteiger partial charge in [-0.3, -0.25) is 9.59 Å². The van der Waals surface area contributed by atoms with E-state index >= 15 is 0 Å². The van der Waals surface area contributed by atoms with Crippen molar-refractivity contribution in [2.45, 2.75) is 32.7 Å². The van der Waals surface area contributed by atoms with Gasteiger partial charge in [-0.25, -0.2) is 0 Å². The van der Waals surface area contributed by atoms with Crippen LogP contribution in [0.3, 0.4) is 0 Å². The maximum absolute atomic E-state index is 12.9. The van der Waals surface area contributed by atoms with E-state index in [1.807, 2.05) is 74.5 Å². The number of thioether (sulfide) groups is 1. The third-order valence-corrected chi connectivity index (χ3v) is 5.32. The SMILES string of the molecule is CC(=O)SCC(C(=O)N[C@@H](C)c1ccccc1)C(C)c1ccccc1. The Balaban J connectivity index is 2.13. The van der Waals surface area contributed by atoms with Gasteiger partial charge in [-0.05, 0) is 24.0 Å². The largest absolute Gasteiger partial charge is 0.349 e. The van der Waals surface area contributed by atoms with Crippen LogP contribution < -0.4 is 5.32 Å². The second-order valence-corrected chi connectivity index (χ2v) is 7.45. The lowest BCUT2D eigenvalue weighted by Gasteiger charge is -2.25. The van der Waals surface area contributed by atoms with Crippen LogP contribution in [0.1, 0.15) is 43.9 Å². The van der Waals surface area contributed by atoms with E-state index in [1.54, 1.807) is 6.92 Å². The molecule has 1 N–H and O–H groups in total. The molecule has 0 heterocycles. The summed E-state index contributed by atoms with van der Waals surface area (Å²) in [6, 6.07) is 19.8. The minimum absolute atomic E-state index is 0.0125. The van der Waals surface area contributed by atoms with E-state index in [0.29, 0.717) is 5.75 Å². The van der Waals surface area contributed by atoms with Crippen LogP contribution in [0.25, 0.3) is 0 Å². The van der Waals surface area contributed by atoms with Crippen molar-refractivity contribution in [3.8, 4) is 0 Å². The standard InChI is InChI=1S/C21H25NO2S/c1-15(18-10-6-4-7-11-18)20(14-25-17(3)23)21(24)22-16(2)19-12-8-5-9-13-19/h4-13,15-16,20H,14H2,1-3H3,(H,22,24)/t15?,16-,20?/m0/s1. The number of hydrogen-bond acceptors (Lipinski definition) is 3. The van der Waals surface area contributed by atoms with Crippen LogP contribution in [0.4, 0.5) is 0 Å². The average Bonchev–Trinajstić information content (AvgIpc) is 2.63. The normalized spacial score (nSPS) is 14.4. The lowest BCUT2D eigenvalue weighted by atomic mass is 9.88. The van der Waals surface area contributed by atoms with Crippen molar-refractivity contribution in [3.63, 3.8) is 0 Å². The molecule has 2 aromatic rings. The summed E-state index contributed by atoms with van der Waals surface area (Å²) in [6.45, 7) is 5.57. The summed E-state index contributed by atoms with van der Waals surface area (Å²) in [7, 11) is 0. The maximum Gasteiger partial charge on any atom is 0.225 e. The summed E-state index contributed by atoms with van der Waals surface area (Å²) >= 11 is 1.21. The first-order chi connectivity index (χ1) is 12.0. The van der Waals surface area contributed by atoms with Crippen LogP contribution in [-0.4, -0.2) is 16.8 Å². The lowest BCUT2D eigenvalue weighted by Crippen LogP contribution is -2.36. The van der Waals surface area contributed by atoms with Crippen molar-refractivity contribution in [1.29, 1.82) is 0 Å². The number of rotatable bonds is 7. The van der Waals surface area contributed by atoms with Gasteiger partial charge in [-0.1, -0.05) is 79.3 Å². The molecule has 3 nitrogen and oxygen atoms in total. The molecule has 4 heteroatoms. The molecule has 3 atom stereocenters. The van der Waals surface area contributed by atoms with Gasteiger partial charge in [0, 0.05) is 12.7 Å². The highest BCUT2D eigenvalue weighted by molar-refractivity contribution is 8.13.